The molecule has 1 aromatic rings. The number of nitro benzene ring substituents is 1. The topological polar surface area (TPSA) is 60.2 Å². The van der Waals surface area contributed by atoms with Gasteiger partial charge in [-0.05, 0) is 34.5 Å². The summed E-state index contributed by atoms with van der Waals surface area (Å²) in [6.45, 7) is 1.74. The first-order chi connectivity index (χ1) is 6.97. The molecular formula is C9H7Br2NO3. The number of benzene rings is 1. The molecule has 6 heteroatoms. The summed E-state index contributed by atoms with van der Waals surface area (Å²) in [5, 5.41) is 10.8. The molecule has 4 nitrogen and oxygen atoms in total. The zero-order chi connectivity index (χ0) is 11.6. The predicted octanol–water partition coefficient (Wildman–Crippen LogP) is 3.24. The molecule has 0 spiro atoms. The molecule has 0 heterocycles. The van der Waals surface area contributed by atoms with Crippen molar-refractivity contribution >= 4 is 43.3 Å². The van der Waals surface area contributed by atoms with Crippen LogP contribution in [0.4, 0.5) is 5.69 Å². The van der Waals surface area contributed by atoms with E-state index < -0.39 is 4.92 Å². The molecule has 0 N–H and O–H groups in total. The second kappa shape index (κ2) is 4.85. The van der Waals surface area contributed by atoms with Gasteiger partial charge in [0.05, 0.1) is 10.3 Å². The van der Waals surface area contributed by atoms with Gasteiger partial charge in [-0.25, -0.2) is 0 Å². The van der Waals surface area contributed by atoms with Crippen molar-refractivity contribution in [3.63, 3.8) is 0 Å². The lowest BCUT2D eigenvalue weighted by Gasteiger charge is -2.04. The van der Waals surface area contributed by atoms with Gasteiger partial charge in [0.2, 0.25) is 0 Å². The Morgan fingerprint density at radius 3 is 2.60 bits per heavy atom. The summed E-state index contributed by atoms with van der Waals surface area (Å²) in [5.74, 6) is -0.312. The Balaban J connectivity index is 3.46. The molecule has 0 unspecified atom stereocenters. The largest absolute Gasteiger partial charge is 0.293 e. The molecule has 0 aliphatic heterocycles. The van der Waals surface area contributed by atoms with Gasteiger partial charge in [-0.15, -0.1) is 0 Å². The van der Waals surface area contributed by atoms with E-state index in [9.17, 15) is 14.9 Å². The van der Waals surface area contributed by atoms with Crippen LogP contribution in [0.1, 0.15) is 15.9 Å². The third-order valence-electron chi connectivity index (χ3n) is 1.81. The molecule has 0 aromatic heterocycles. The Bertz CT molecular complexity index is 432. The number of aryl methyl sites for hydroxylation is 1. The Hall–Kier alpha value is -0.750. The Kier molecular flexibility index (Phi) is 3.98. The molecule has 80 valence electrons. The lowest BCUT2D eigenvalue weighted by Crippen LogP contribution is -2.06. The number of hydrogen-bond acceptors (Lipinski definition) is 3. The molecule has 0 saturated heterocycles. The molecule has 0 aliphatic carbocycles. The maximum absolute atomic E-state index is 11.5. The number of nitrogens with zero attached hydrogens (tertiary/aromatic N) is 1. The highest BCUT2D eigenvalue weighted by Gasteiger charge is 2.22. The molecule has 15 heavy (non-hydrogen) atoms. The number of Topliss-reactive ketones (excluding diaryl/α,β-unsaturated/α-hetero) is 1. The third kappa shape index (κ3) is 2.63. The fourth-order valence-corrected chi connectivity index (χ4v) is 2.28. The van der Waals surface area contributed by atoms with E-state index >= 15 is 0 Å². The van der Waals surface area contributed by atoms with Crippen LogP contribution in [0.15, 0.2) is 16.6 Å². The summed E-state index contributed by atoms with van der Waals surface area (Å²) in [7, 11) is 0. The first-order valence-corrected chi connectivity index (χ1v) is 5.92. The highest BCUT2D eigenvalue weighted by Crippen LogP contribution is 2.29. The number of rotatable bonds is 3. The number of carbonyl (C=O) groups is 1. The van der Waals surface area contributed by atoms with Crippen LogP contribution in [0.5, 0.6) is 0 Å². The van der Waals surface area contributed by atoms with Crippen molar-refractivity contribution in [2.45, 2.75) is 6.92 Å². The van der Waals surface area contributed by atoms with Gasteiger partial charge in [0, 0.05) is 10.5 Å². The van der Waals surface area contributed by atoms with Gasteiger partial charge in [-0.3, -0.25) is 14.9 Å². The van der Waals surface area contributed by atoms with Crippen molar-refractivity contribution < 1.29 is 9.72 Å². The van der Waals surface area contributed by atoms with E-state index in [4.69, 9.17) is 0 Å². The maximum Gasteiger partial charge on any atom is 0.281 e. The van der Waals surface area contributed by atoms with E-state index in [0.717, 1.165) is 5.56 Å². The van der Waals surface area contributed by atoms with Crippen molar-refractivity contribution in [3.8, 4) is 0 Å². The van der Waals surface area contributed by atoms with E-state index in [1.807, 2.05) is 0 Å². The van der Waals surface area contributed by atoms with E-state index in [1.54, 1.807) is 13.0 Å². The number of carbonyl (C=O) groups excluding carboxylic acids is 1. The summed E-state index contributed by atoms with van der Waals surface area (Å²) in [6, 6.07) is 3.07. The highest BCUT2D eigenvalue weighted by molar-refractivity contribution is 9.10. The molecular weight excluding hydrogens is 330 g/mol. The fourth-order valence-electron chi connectivity index (χ4n) is 1.21. The minimum atomic E-state index is -0.548. The first kappa shape index (κ1) is 12.3. The van der Waals surface area contributed by atoms with Crippen LogP contribution in [0, 0.1) is 17.0 Å². The number of hydrogen-bond donors (Lipinski definition) is 0. The highest BCUT2D eigenvalue weighted by atomic mass is 79.9. The summed E-state index contributed by atoms with van der Waals surface area (Å²) < 4.78 is 0.457. The van der Waals surface area contributed by atoms with Crippen LogP contribution in [0.2, 0.25) is 0 Å². The lowest BCUT2D eigenvalue weighted by atomic mass is 10.1. The van der Waals surface area contributed by atoms with Gasteiger partial charge in [0.25, 0.3) is 5.69 Å². The quantitative estimate of drug-likeness (QED) is 0.368. The Labute approximate surface area is 103 Å². The number of ketones is 1. The number of alkyl halides is 1. The smallest absolute Gasteiger partial charge is 0.281 e. The van der Waals surface area contributed by atoms with Crippen molar-refractivity contribution in [2.75, 3.05) is 5.33 Å². The Morgan fingerprint density at radius 2 is 2.13 bits per heavy atom. The van der Waals surface area contributed by atoms with Crippen molar-refractivity contribution in [1.82, 2.24) is 0 Å². The SMILES string of the molecule is Cc1cc(Br)c(C(=O)CBr)c([N+](=O)[O-])c1. The summed E-state index contributed by atoms with van der Waals surface area (Å²) in [6.07, 6.45) is 0. The second-order valence-corrected chi connectivity index (χ2v) is 4.37. The van der Waals surface area contributed by atoms with Crippen LogP contribution < -0.4 is 0 Å². The average Bonchev–Trinajstić information content (AvgIpc) is 2.15. The van der Waals surface area contributed by atoms with Crippen LogP contribution in [0.3, 0.4) is 0 Å². The fraction of sp³-hybridized carbons (Fsp3) is 0.222. The molecule has 0 amide bonds. The zero-order valence-corrected chi connectivity index (χ0v) is 11.0. The van der Waals surface area contributed by atoms with Crippen molar-refractivity contribution in [3.05, 3.63) is 37.8 Å². The van der Waals surface area contributed by atoms with Crippen LogP contribution in [-0.4, -0.2) is 16.0 Å². The van der Waals surface area contributed by atoms with Crippen LogP contribution in [-0.2, 0) is 0 Å². The summed E-state index contributed by atoms with van der Waals surface area (Å²) in [4.78, 5) is 21.7. The minimum absolute atomic E-state index is 0.0650. The van der Waals surface area contributed by atoms with Gasteiger partial charge in [-0.1, -0.05) is 15.9 Å². The molecule has 0 atom stereocenters. The summed E-state index contributed by atoms with van der Waals surface area (Å²) >= 11 is 6.16. The molecule has 1 aromatic carbocycles. The van der Waals surface area contributed by atoms with Crippen molar-refractivity contribution in [1.29, 1.82) is 0 Å². The maximum atomic E-state index is 11.5. The molecule has 0 radical (unpaired) electrons. The monoisotopic (exact) mass is 335 g/mol. The van der Waals surface area contributed by atoms with Gasteiger partial charge < -0.3 is 0 Å². The van der Waals surface area contributed by atoms with Gasteiger partial charge in [0.1, 0.15) is 5.56 Å². The van der Waals surface area contributed by atoms with Gasteiger partial charge in [-0.2, -0.15) is 0 Å². The van der Waals surface area contributed by atoms with Gasteiger partial charge >= 0.3 is 0 Å². The second-order valence-electron chi connectivity index (χ2n) is 2.95. The molecule has 1 rings (SSSR count). The first-order valence-electron chi connectivity index (χ1n) is 4.01. The van der Waals surface area contributed by atoms with Crippen LogP contribution >= 0.6 is 31.9 Å². The predicted molar refractivity (Wildman–Crippen MR) is 63.7 cm³/mol. The van der Waals surface area contributed by atoms with Crippen LogP contribution in [0.25, 0.3) is 0 Å². The summed E-state index contributed by atoms with van der Waals surface area (Å²) in [5.41, 5.74) is 0.688. The number of halogens is 2. The normalized spacial score (nSPS) is 10.1. The minimum Gasteiger partial charge on any atom is -0.293 e. The van der Waals surface area contributed by atoms with E-state index in [2.05, 4.69) is 31.9 Å². The van der Waals surface area contributed by atoms with Gasteiger partial charge in [0.15, 0.2) is 5.78 Å². The van der Waals surface area contributed by atoms with Crippen molar-refractivity contribution in [2.24, 2.45) is 0 Å². The standard InChI is InChI=1S/C9H7Br2NO3/c1-5-2-6(11)9(8(13)4-10)7(3-5)12(14)15/h2-3H,4H2,1H3. The molecule has 0 bridgehead atoms. The zero-order valence-electron chi connectivity index (χ0n) is 7.79. The third-order valence-corrected chi connectivity index (χ3v) is 2.95. The van der Waals surface area contributed by atoms with E-state index in [0.29, 0.717) is 4.47 Å². The number of nitro groups is 1. The average molecular weight is 337 g/mol. The van der Waals surface area contributed by atoms with E-state index in [1.165, 1.54) is 6.07 Å². The molecule has 0 aliphatic rings. The lowest BCUT2D eigenvalue weighted by molar-refractivity contribution is -0.385. The van der Waals surface area contributed by atoms with E-state index in [-0.39, 0.29) is 22.4 Å². The molecule has 0 saturated carbocycles. The Morgan fingerprint density at radius 1 is 1.53 bits per heavy atom. The molecule has 0 fully saturated rings.